The van der Waals surface area contributed by atoms with Gasteiger partial charge in [-0.05, 0) is 76.2 Å². The molecule has 3 aromatic carbocycles. The second kappa shape index (κ2) is 5.40. The summed E-state index contributed by atoms with van der Waals surface area (Å²) in [5.74, 6) is 0.137. The molecule has 26 heavy (non-hydrogen) atoms. The first kappa shape index (κ1) is 16.5. The highest BCUT2D eigenvalue weighted by molar-refractivity contribution is 9.10. The maximum atomic E-state index is 13.2. The van der Waals surface area contributed by atoms with E-state index in [0.717, 1.165) is 37.6 Å². The van der Waals surface area contributed by atoms with Gasteiger partial charge in [0.25, 0.3) is 0 Å². The van der Waals surface area contributed by atoms with Crippen molar-refractivity contribution in [1.82, 2.24) is 0 Å². The molecule has 0 radical (unpaired) electrons. The lowest BCUT2D eigenvalue weighted by molar-refractivity contribution is 0.103. The molecule has 0 saturated carbocycles. The van der Waals surface area contributed by atoms with Crippen molar-refractivity contribution < 1.29 is 4.79 Å². The van der Waals surface area contributed by atoms with Crippen LogP contribution in [0.15, 0.2) is 57.5 Å². The van der Waals surface area contributed by atoms with Crippen LogP contribution in [0.4, 0.5) is 0 Å². The number of fused-ring (bicyclic) bond motifs is 5. The first-order chi connectivity index (χ1) is 12.4. The highest BCUT2D eigenvalue weighted by atomic mass is 79.9. The quantitative estimate of drug-likeness (QED) is 0.283. The van der Waals surface area contributed by atoms with E-state index < -0.39 is 0 Å². The summed E-state index contributed by atoms with van der Waals surface area (Å²) in [6.07, 6.45) is 0.809. The predicted molar refractivity (Wildman–Crippen MR) is 112 cm³/mol. The van der Waals surface area contributed by atoms with Crippen molar-refractivity contribution in [2.75, 3.05) is 0 Å². The van der Waals surface area contributed by atoms with Crippen molar-refractivity contribution in [3.63, 3.8) is 0 Å². The molecule has 0 amide bonds. The Labute approximate surface area is 169 Å². The van der Waals surface area contributed by atoms with E-state index in [1.165, 1.54) is 22.3 Å². The number of ketones is 1. The van der Waals surface area contributed by atoms with Gasteiger partial charge in [-0.2, -0.15) is 0 Å². The van der Waals surface area contributed by atoms with E-state index in [1.807, 2.05) is 12.1 Å². The Morgan fingerprint density at radius 2 is 1.38 bits per heavy atom. The zero-order valence-electron chi connectivity index (χ0n) is 14.5. The molecular weight excluding hydrogens is 452 g/mol. The van der Waals surface area contributed by atoms with Crippen LogP contribution < -0.4 is 0 Å². The maximum Gasteiger partial charge on any atom is 0.193 e. The minimum Gasteiger partial charge on any atom is -0.289 e. The molecule has 0 fully saturated rings. The SMILES string of the molecule is CC1(C)c2cc(Br)ccc2-c2cc3c(cc21)C(=O)c1cc(Br)ccc1C3. The monoisotopic (exact) mass is 466 g/mol. The average Bonchev–Trinajstić information content (AvgIpc) is 2.82. The highest BCUT2D eigenvalue weighted by Crippen LogP contribution is 2.50. The number of benzene rings is 3. The van der Waals surface area contributed by atoms with Crippen LogP contribution in [0, 0.1) is 0 Å². The molecule has 0 N–H and O–H groups in total. The molecule has 128 valence electrons. The van der Waals surface area contributed by atoms with Crippen LogP contribution in [0.1, 0.15) is 52.0 Å². The van der Waals surface area contributed by atoms with Crippen LogP contribution in [-0.2, 0) is 11.8 Å². The molecule has 0 spiro atoms. The van der Waals surface area contributed by atoms with Gasteiger partial charge < -0.3 is 0 Å². The molecule has 1 nitrogen and oxygen atoms in total. The predicted octanol–water partition coefficient (Wildman–Crippen LogP) is 6.65. The molecule has 0 saturated heterocycles. The molecular formula is C23H16Br2O. The van der Waals surface area contributed by atoms with Gasteiger partial charge in [-0.1, -0.05) is 57.8 Å². The van der Waals surface area contributed by atoms with Gasteiger partial charge in [0.15, 0.2) is 5.78 Å². The van der Waals surface area contributed by atoms with Crippen molar-refractivity contribution in [3.8, 4) is 11.1 Å². The van der Waals surface area contributed by atoms with Crippen LogP contribution >= 0.6 is 31.9 Å². The lowest BCUT2D eigenvalue weighted by Crippen LogP contribution is -2.19. The van der Waals surface area contributed by atoms with Gasteiger partial charge >= 0.3 is 0 Å². The van der Waals surface area contributed by atoms with Crippen molar-refractivity contribution in [2.24, 2.45) is 0 Å². The van der Waals surface area contributed by atoms with Crippen LogP contribution in [0.3, 0.4) is 0 Å². The van der Waals surface area contributed by atoms with Crippen LogP contribution in [-0.4, -0.2) is 5.78 Å². The highest BCUT2D eigenvalue weighted by Gasteiger charge is 2.37. The minimum absolute atomic E-state index is 0.110. The fourth-order valence-corrected chi connectivity index (χ4v) is 5.14. The fraction of sp³-hybridized carbons (Fsp3) is 0.174. The second-order valence-corrected chi connectivity index (χ2v) is 9.51. The third kappa shape index (κ3) is 2.17. The van der Waals surface area contributed by atoms with E-state index in [0.29, 0.717) is 0 Å². The van der Waals surface area contributed by atoms with E-state index in [1.54, 1.807) is 0 Å². The maximum absolute atomic E-state index is 13.2. The zero-order valence-corrected chi connectivity index (χ0v) is 17.7. The number of hydrogen-bond donors (Lipinski definition) is 0. The first-order valence-corrected chi connectivity index (χ1v) is 10.3. The van der Waals surface area contributed by atoms with Crippen molar-refractivity contribution in [2.45, 2.75) is 25.7 Å². The normalized spacial score (nSPS) is 15.9. The summed E-state index contributed by atoms with van der Waals surface area (Å²) in [5.41, 5.74) is 8.93. The molecule has 0 heterocycles. The molecule has 3 heteroatoms. The lowest BCUT2D eigenvalue weighted by Gasteiger charge is -2.24. The Morgan fingerprint density at radius 1 is 0.731 bits per heavy atom. The third-order valence-corrected chi connectivity index (χ3v) is 6.79. The molecule has 5 rings (SSSR count). The molecule has 3 aromatic rings. The molecule has 0 aromatic heterocycles. The Bertz CT molecular complexity index is 1130. The Kier molecular flexibility index (Phi) is 3.42. The van der Waals surface area contributed by atoms with E-state index in [9.17, 15) is 4.79 Å². The van der Waals surface area contributed by atoms with Gasteiger partial charge in [-0.15, -0.1) is 0 Å². The van der Waals surface area contributed by atoms with Crippen LogP contribution in [0.2, 0.25) is 0 Å². The Hall–Kier alpha value is -1.71. The van der Waals surface area contributed by atoms with Gasteiger partial charge in [-0.3, -0.25) is 4.79 Å². The number of halogens is 2. The Balaban J connectivity index is 1.75. The van der Waals surface area contributed by atoms with Crippen molar-refractivity contribution in [1.29, 1.82) is 0 Å². The summed E-state index contributed by atoms with van der Waals surface area (Å²) in [6.45, 7) is 4.49. The number of hydrogen-bond acceptors (Lipinski definition) is 1. The van der Waals surface area contributed by atoms with Gasteiger partial charge in [0.2, 0.25) is 0 Å². The van der Waals surface area contributed by atoms with E-state index in [-0.39, 0.29) is 11.2 Å². The van der Waals surface area contributed by atoms with E-state index in [2.05, 4.69) is 82.1 Å². The van der Waals surface area contributed by atoms with Gasteiger partial charge in [-0.25, -0.2) is 0 Å². The van der Waals surface area contributed by atoms with Gasteiger partial charge in [0, 0.05) is 25.5 Å². The number of carbonyl (C=O) groups excluding carboxylic acids is 1. The lowest BCUT2D eigenvalue weighted by atomic mass is 9.78. The summed E-state index contributed by atoms with van der Waals surface area (Å²) < 4.78 is 2.04. The van der Waals surface area contributed by atoms with Gasteiger partial charge in [0.05, 0.1) is 0 Å². The second-order valence-electron chi connectivity index (χ2n) is 7.68. The standard InChI is InChI=1S/C23H16Br2O/c1-23(2)20-10-15(25)5-6-16(20)19-8-13-7-12-3-4-14(24)9-17(12)22(26)18(13)11-21(19)23/h3-6,8-11H,7H2,1-2H3. The van der Waals surface area contributed by atoms with E-state index >= 15 is 0 Å². The van der Waals surface area contributed by atoms with Gasteiger partial charge in [0.1, 0.15) is 0 Å². The first-order valence-electron chi connectivity index (χ1n) is 8.67. The third-order valence-electron chi connectivity index (χ3n) is 5.80. The zero-order chi connectivity index (χ0) is 18.2. The molecule has 2 aliphatic rings. The summed E-state index contributed by atoms with van der Waals surface area (Å²) in [5, 5.41) is 0. The molecule has 0 aliphatic heterocycles. The van der Waals surface area contributed by atoms with Crippen LogP contribution in [0.25, 0.3) is 11.1 Å². The van der Waals surface area contributed by atoms with Crippen LogP contribution in [0.5, 0.6) is 0 Å². The number of carbonyl (C=O) groups is 1. The summed E-state index contributed by atoms with van der Waals surface area (Å²) in [6, 6.07) is 16.9. The summed E-state index contributed by atoms with van der Waals surface area (Å²) >= 11 is 7.10. The van der Waals surface area contributed by atoms with Crippen molar-refractivity contribution in [3.05, 3.63) is 90.9 Å². The molecule has 2 aliphatic carbocycles. The summed E-state index contributed by atoms with van der Waals surface area (Å²) in [7, 11) is 0. The number of rotatable bonds is 0. The fourth-order valence-electron chi connectivity index (χ4n) is 4.42. The molecule has 0 atom stereocenters. The summed E-state index contributed by atoms with van der Waals surface area (Å²) in [4.78, 5) is 13.2. The van der Waals surface area contributed by atoms with E-state index in [4.69, 9.17) is 0 Å². The van der Waals surface area contributed by atoms with Crippen molar-refractivity contribution >= 4 is 37.6 Å². The smallest absolute Gasteiger partial charge is 0.193 e. The topological polar surface area (TPSA) is 17.1 Å². The minimum atomic E-state index is -0.110. The molecule has 0 bridgehead atoms. The largest absolute Gasteiger partial charge is 0.289 e. The molecule has 0 unspecified atom stereocenters. The average molecular weight is 468 g/mol. The Morgan fingerprint density at radius 3 is 2.19 bits per heavy atom.